The summed E-state index contributed by atoms with van der Waals surface area (Å²) in [5, 5.41) is 3.48. The maximum atomic E-state index is 3.48. The number of hydrogen-bond donors (Lipinski definition) is 1. The first kappa shape index (κ1) is 13.3. The first-order chi connectivity index (χ1) is 8.24. The molecule has 3 heteroatoms. The van der Waals surface area contributed by atoms with Gasteiger partial charge in [-0.25, -0.2) is 0 Å². The highest BCUT2D eigenvalue weighted by Gasteiger charge is 2.34. The molecule has 3 unspecified atom stereocenters. The third-order valence-corrected chi connectivity index (χ3v) is 4.57. The van der Waals surface area contributed by atoms with Gasteiger partial charge in [-0.3, -0.25) is 9.80 Å². The minimum Gasteiger partial charge on any atom is -0.316 e. The average Bonchev–Trinajstić information content (AvgIpc) is 2.75. The summed E-state index contributed by atoms with van der Waals surface area (Å²) in [6, 6.07) is 2.26. The highest BCUT2D eigenvalue weighted by Crippen LogP contribution is 2.24. The van der Waals surface area contributed by atoms with Crippen molar-refractivity contribution < 1.29 is 0 Å². The normalized spacial score (nSPS) is 32.6. The van der Waals surface area contributed by atoms with Crippen molar-refractivity contribution in [2.75, 3.05) is 33.2 Å². The predicted molar refractivity (Wildman–Crippen MR) is 73.4 cm³/mol. The number of fused-ring (bicyclic) bond motifs is 1. The van der Waals surface area contributed by atoms with Crippen LogP contribution in [0.2, 0.25) is 0 Å². The summed E-state index contributed by atoms with van der Waals surface area (Å²) in [7, 11) is 2.11. The molecule has 2 saturated heterocycles. The zero-order chi connectivity index (χ0) is 12.3. The molecule has 2 rings (SSSR count). The Labute approximate surface area is 107 Å². The molecule has 0 aromatic heterocycles. The van der Waals surface area contributed by atoms with Crippen LogP contribution in [-0.4, -0.2) is 61.2 Å². The van der Waals surface area contributed by atoms with E-state index < -0.39 is 0 Å². The van der Waals surface area contributed by atoms with E-state index in [2.05, 4.69) is 36.0 Å². The number of piperazine rings is 1. The van der Waals surface area contributed by atoms with Gasteiger partial charge in [-0.15, -0.1) is 0 Å². The lowest BCUT2D eigenvalue weighted by molar-refractivity contribution is 0.0523. The third-order valence-electron chi connectivity index (χ3n) is 4.57. The quantitative estimate of drug-likeness (QED) is 0.785. The van der Waals surface area contributed by atoms with Gasteiger partial charge in [0.2, 0.25) is 0 Å². The molecular weight excluding hydrogens is 210 g/mol. The van der Waals surface area contributed by atoms with Crippen LogP contribution < -0.4 is 5.32 Å². The molecule has 0 bridgehead atoms. The summed E-state index contributed by atoms with van der Waals surface area (Å²) >= 11 is 0. The molecule has 2 aliphatic rings. The van der Waals surface area contributed by atoms with Gasteiger partial charge in [-0.2, -0.15) is 0 Å². The number of likely N-dealkylation sites (N-methyl/N-ethyl adjacent to an activating group) is 1. The van der Waals surface area contributed by atoms with Crippen molar-refractivity contribution in [2.24, 2.45) is 0 Å². The fourth-order valence-electron chi connectivity index (χ4n) is 3.46. The highest BCUT2D eigenvalue weighted by atomic mass is 15.3. The Kier molecular flexibility index (Phi) is 4.83. The summed E-state index contributed by atoms with van der Waals surface area (Å²) in [6.45, 7) is 9.83. The number of rotatable bonds is 5. The standard InChI is InChI=1S/C14H29N3/c1-4-6-13(15-3)10-17-11-14-7-5-8-16(14)9-12(17)2/h12-15H,4-11H2,1-3H3. The van der Waals surface area contributed by atoms with E-state index in [0.29, 0.717) is 6.04 Å². The number of hydrogen-bond acceptors (Lipinski definition) is 3. The molecule has 0 aromatic rings. The van der Waals surface area contributed by atoms with E-state index in [1.165, 1.54) is 51.9 Å². The molecule has 2 aliphatic heterocycles. The van der Waals surface area contributed by atoms with Crippen LogP contribution in [0, 0.1) is 0 Å². The molecule has 1 N–H and O–H groups in total. The van der Waals surface area contributed by atoms with Crippen molar-refractivity contribution in [3.63, 3.8) is 0 Å². The van der Waals surface area contributed by atoms with Gasteiger partial charge in [0, 0.05) is 37.8 Å². The van der Waals surface area contributed by atoms with Crippen LogP contribution in [-0.2, 0) is 0 Å². The van der Waals surface area contributed by atoms with Crippen molar-refractivity contribution in [3.05, 3.63) is 0 Å². The van der Waals surface area contributed by atoms with E-state index in [-0.39, 0.29) is 0 Å². The van der Waals surface area contributed by atoms with Gasteiger partial charge < -0.3 is 5.32 Å². The summed E-state index contributed by atoms with van der Waals surface area (Å²) in [5.41, 5.74) is 0. The zero-order valence-electron chi connectivity index (χ0n) is 11.8. The molecular formula is C14H29N3. The second-order valence-electron chi connectivity index (χ2n) is 5.87. The fourth-order valence-corrected chi connectivity index (χ4v) is 3.46. The van der Waals surface area contributed by atoms with Crippen LogP contribution in [0.3, 0.4) is 0 Å². The molecule has 3 nitrogen and oxygen atoms in total. The molecule has 2 heterocycles. The summed E-state index contributed by atoms with van der Waals surface area (Å²) < 4.78 is 0. The van der Waals surface area contributed by atoms with Crippen molar-refractivity contribution >= 4 is 0 Å². The van der Waals surface area contributed by atoms with Gasteiger partial charge >= 0.3 is 0 Å². The van der Waals surface area contributed by atoms with E-state index in [1.807, 2.05) is 0 Å². The van der Waals surface area contributed by atoms with Crippen LogP contribution >= 0.6 is 0 Å². The maximum absolute atomic E-state index is 3.48. The SMILES string of the molecule is CCCC(CN1CC2CCCN2CC1C)NC. The van der Waals surface area contributed by atoms with E-state index in [1.54, 1.807) is 0 Å². The van der Waals surface area contributed by atoms with Gasteiger partial charge in [-0.1, -0.05) is 13.3 Å². The van der Waals surface area contributed by atoms with Crippen molar-refractivity contribution in [2.45, 2.75) is 57.7 Å². The molecule has 0 spiro atoms. The Hall–Kier alpha value is -0.120. The molecule has 0 aliphatic carbocycles. The van der Waals surface area contributed by atoms with Crippen molar-refractivity contribution in [3.8, 4) is 0 Å². The number of nitrogens with zero attached hydrogens (tertiary/aromatic N) is 2. The first-order valence-electron chi connectivity index (χ1n) is 7.40. The molecule has 3 atom stereocenters. The number of nitrogens with one attached hydrogen (secondary N) is 1. The first-order valence-corrected chi connectivity index (χ1v) is 7.40. The molecule has 2 fully saturated rings. The van der Waals surface area contributed by atoms with Crippen LogP contribution in [0.5, 0.6) is 0 Å². The van der Waals surface area contributed by atoms with Crippen molar-refractivity contribution in [1.29, 1.82) is 0 Å². The van der Waals surface area contributed by atoms with Crippen LogP contribution in [0.1, 0.15) is 39.5 Å². The lowest BCUT2D eigenvalue weighted by atomic mass is 10.1. The Balaban J connectivity index is 1.87. The van der Waals surface area contributed by atoms with E-state index in [0.717, 1.165) is 12.1 Å². The predicted octanol–water partition coefficient (Wildman–Crippen LogP) is 1.54. The van der Waals surface area contributed by atoms with E-state index in [4.69, 9.17) is 0 Å². The second-order valence-corrected chi connectivity index (χ2v) is 5.87. The van der Waals surface area contributed by atoms with Gasteiger partial charge in [-0.05, 0) is 39.8 Å². The molecule has 17 heavy (non-hydrogen) atoms. The minimum absolute atomic E-state index is 0.676. The monoisotopic (exact) mass is 239 g/mol. The van der Waals surface area contributed by atoms with Gasteiger partial charge in [0.1, 0.15) is 0 Å². The van der Waals surface area contributed by atoms with E-state index >= 15 is 0 Å². The Morgan fingerprint density at radius 2 is 2.18 bits per heavy atom. The zero-order valence-corrected chi connectivity index (χ0v) is 11.8. The minimum atomic E-state index is 0.676. The third kappa shape index (κ3) is 3.21. The smallest absolute Gasteiger partial charge is 0.0224 e. The molecule has 100 valence electrons. The van der Waals surface area contributed by atoms with Crippen LogP contribution in [0.4, 0.5) is 0 Å². The second kappa shape index (κ2) is 6.17. The maximum Gasteiger partial charge on any atom is 0.0224 e. The lowest BCUT2D eigenvalue weighted by Gasteiger charge is -2.43. The van der Waals surface area contributed by atoms with Gasteiger partial charge in [0.15, 0.2) is 0 Å². The summed E-state index contributed by atoms with van der Waals surface area (Å²) in [6.07, 6.45) is 5.41. The Morgan fingerprint density at radius 1 is 1.35 bits per heavy atom. The lowest BCUT2D eigenvalue weighted by Crippen LogP contribution is -2.57. The summed E-state index contributed by atoms with van der Waals surface area (Å²) in [5.74, 6) is 0. The largest absolute Gasteiger partial charge is 0.316 e. The summed E-state index contributed by atoms with van der Waals surface area (Å²) in [4.78, 5) is 5.42. The fraction of sp³-hybridized carbons (Fsp3) is 1.00. The molecule has 0 saturated carbocycles. The van der Waals surface area contributed by atoms with Gasteiger partial charge in [0.05, 0.1) is 0 Å². The van der Waals surface area contributed by atoms with Crippen LogP contribution in [0.25, 0.3) is 0 Å². The topological polar surface area (TPSA) is 18.5 Å². The van der Waals surface area contributed by atoms with Gasteiger partial charge in [0.25, 0.3) is 0 Å². The highest BCUT2D eigenvalue weighted by molar-refractivity contribution is 4.91. The molecule has 0 radical (unpaired) electrons. The van der Waals surface area contributed by atoms with Crippen LogP contribution in [0.15, 0.2) is 0 Å². The molecule has 0 amide bonds. The van der Waals surface area contributed by atoms with Crippen molar-refractivity contribution in [1.82, 2.24) is 15.1 Å². The van der Waals surface area contributed by atoms with E-state index in [9.17, 15) is 0 Å². The molecule has 0 aromatic carbocycles. The Bertz CT molecular complexity index is 232. The Morgan fingerprint density at radius 3 is 2.88 bits per heavy atom. The average molecular weight is 239 g/mol.